The summed E-state index contributed by atoms with van der Waals surface area (Å²) in [6.07, 6.45) is 2.62. The molecular weight excluding hydrogens is 250 g/mol. The smallest absolute Gasteiger partial charge is 0.0997 e. The molecular formula is C16H21N3O. The molecule has 1 unspecified atom stereocenters. The third-order valence-corrected chi connectivity index (χ3v) is 4.12. The molecule has 4 heteroatoms. The van der Waals surface area contributed by atoms with Crippen LogP contribution in [0.5, 0.6) is 0 Å². The molecule has 0 radical (unpaired) electrons. The van der Waals surface area contributed by atoms with Crippen molar-refractivity contribution in [2.45, 2.75) is 32.9 Å². The summed E-state index contributed by atoms with van der Waals surface area (Å²) < 4.78 is 2.11. The molecule has 0 bridgehead atoms. The minimum Gasteiger partial charge on any atom is -0.392 e. The average molecular weight is 271 g/mol. The molecule has 2 aromatic rings. The van der Waals surface area contributed by atoms with E-state index in [0.717, 1.165) is 37.4 Å². The quantitative estimate of drug-likeness (QED) is 0.929. The molecule has 1 aliphatic heterocycles. The van der Waals surface area contributed by atoms with Crippen LogP contribution in [-0.4, -0.2) is 38.8 Å². The highest BCUT2D eigenvalue weighted by Gasteiger charge is 2.19. The third kappa shape index (κ3) is 2.62. The van der Waals surface area contributed by atoms with Crippen LogP contribution in [0, 0.1) is 13.8 Å². The molecule has 0 amide bonds. The Morgan fingerprint density at radius 1 is 1.25 bits per heavy atom. The summed E-state index contributed by atoms with van der Waals surface area (Å²) in [5.41, 5.74) is 4.69. The lowest BCUT2D eigenvalue weighted by atomic mass is 10.2. The van der Waals surface area contributed by atoms with Crippen molar-refractivity contribution in [3.63, 3.8) is 0 Å². The maximum Gasteiger partial charge on any atom is 0.0997 e. The van der Waals surface area contributed by atoms with E-state index in [1.807, 2.05) is 13.3 Å². The molecule has 3 rings (SSSR count). The number of aliphatic hydroxyl groups excluding tert-OH is 1. The molecule has 2 heterocycles. The molecule has 1 atom stereocenters. The van der Waals surface area contributed by atoms with Crippen LogP contribution < -0.4 is 0 Å². The average Bonchev–Trinajstić information content (AvgIpc) is 2.99. The van der Waals surface area contributed by atoms with E-state index >= 15 is 0 Å². The van der Waals surface area contributed by atoms with Gasteiger partial charge in [0.05, 0.1) is 18.1 Å². The predicted molar refractivity (Wildman–Crippen MR) is 78.9 cm³/mol. The molecule has 0 spiro atoms. The fourth-order valence-electron chi connectivity index (χ4n) is 2.73. The fourth-order valence-corrected chi connectivity index (χ4v) is 2.73. The van der Waals surface area contributed by atoms with Crippen LogP contribution in [-0.2, 0) is 6.54 Å². The number of hydrogen-bond acceptors (Lipinski definition) is 3. The molecule has 1 fully saturated rings. The van der Waals surface area contributed by atoms with E-state index in [1.165, 1.54) is 11.3 Å². The zero-order valence-electron chi connectivity index (χ0n) is 12.1. The van der Waals surface area contributed by atoms with Crippen LogP contribution in [0.25, 0.3) is 5.69 Å². The first-order valence-corrected chi connectivity index (χ1v) is 7.14. The first kappa shape index (κ1) is 13.3. The van der Waals surface area contributed by atoms with E-state index in [9.17, 15) is 5.11 Å². The lowest BCUT2D eigenvalue weighted by Crippen LogP contribution is -2.21. The van der Waals surface area contributed by atoms with Crippen molar-refractivity contribution in [2.75, 3.05) is 13.1 Å². The fraction of sp³-hybridized carbons (Fsp3) is 0.438. The van der Waals surface area contributed by atoms with Crippen LogP contribution in [0.2, 0.25) is 0 Å². The van der Waals surface area contributed by atoms with Gasteiger partial charge in [0.15, 0.2) is 0 Å². The number of likely N-dealkylation sites (tertiary alicyclic amines) is 1. The Balaban J connectivity index is 1.73. The molecule has 0 saturated carbocycles. The summed E-state index contributed by atoms with van der Waals surface area (Å²) in [4.78, 5) is 6.63. The van der Waals surface area contributed by atoms with Gasteiger partial charge < -0.3 is 9.67 Å². The van der Waals surface area contributed by atoms with Crippen molar-refractivity contribution < 1.29 is 5.11 Å². The molecule has 1 aliphatic rings. The second kappa shape index (κ2) is 5.38. The summed E-state index contributed by atoms with van der Waals surface area (Å²) in [6.45, 7) is 6.81. The van der Waals surface area contributed by atoms with Gasteiger partial charge in [-0.1, -0.05) is 12.1 Å². The molecule has 1 N–H and O–H groups in total. The normalized spacial score (nSPS) is 19.6. The highest BCUT2D eigenvalue weighted by molar-refractivity contribution is 5.37. The lowest BCUT2D eigenvalue weighted by molar-refractivity contribution is 0.175. The maximum absolute atomic E-state index is 9.55. The Morgan fingerprint density at radius 2 is 2.00 bits per heavy atom. The number of aryl methyl sites for hydroxylation is 1. The zero-order chi connectivity index (χ0) is 14.1. The zero-order valence-corrected chi connectivity index (χ0v) is 12.1. The summed E-state index contributed by atoms with van der Waals surface area (Å²) >= 11 is 0. The van der Waals surface area contributed by atoms with Gasteiger partial charge in [-0.3, -0.25) is 4.90 Å². The van der Waals surface area contributed by atoms with E-state index in [-0.39, 0.29) is 6.10 Å². The molecule has 20 heavy (non-hydrogen) atoms. The predicted octanol–water partition coefficient (Wildman–Crippen LogP) is 2.06. The Hall–Kier alpha value is -1.65. The van der Waals surface area contributed by atoms with Gasteiger partial charge in [0.25, 0.3) is 0 Å². The van der Waals surface area contributed by atoms with E-state index in [1.54, 1.807) is 0 Å². The summed E-state index contributed by atoms with van der Waals surface area (Å²) in [7, 11) is 0. The van der Waals surface area contributed by atoms with Crippen LogP contribution in [0.1, 0.15) is 23.4 Å². The molecule has 106 valence electrons. The van der Waals surface area contributed by atoms with Gasteiger partial charge in [-0.15, -0.1) is 0 Å². The highest BCUT2D eigenvalue weighted by Crippen LogP contribution is 2.17. The number of aliphatic hydroxyl groups is 1. The first-order valence-electron chi connectivity index (χ1n) is 7.14. The van der Waals surface area contributed by atoms with Gasteiger partial charge in [-0.2, -0.15) is 0 Å². The summed E-state index contributed by atoms with van der Waals surface area (Å²) in [6, 6.07) is 8.59. The maximum atomic E-state index is 9.55. The molecule has 1 aromatic heterocycles. The van der Waals surface area contributed by atoms with Gasteiger partial charge in [0.1, 0.15) is 0 Å². The third-order valence-electron chi connectivity index (χ3n) is 4.12. The summed E-state index contributed by atoms with van der Waals surface area (Å²) in [5.74, 6) is 0. The van der Waals surface area contributed by atoms with Gasteiger partial charge in [0.2, 0.25) is 0 Å². The Bertz CT molecular complexity index is 588. The van der Waals surface area contributed by atoms with Crippen LogP contribution in [0.15, 0.2) is 30.6 Å². The van der Waals surface area contributed by atoms with Crippen molar-refractivity contribution in [1.29, 1.82) is 0 Å². The Morgan fingerprint density at radius 3 is 2.55 bits per heavy atom. The van der Waals surface area contributed by atoms with Gasteiger partial charge in [-0.05, 0) is 38.0 Å². The number of nitrogens with zero attached hydrogens (tertiary/aromatic N) is 3. The van der Waals surface area contributed by atoms with E-state index in [2.05, 4.69) is 45.6 Å². The van der Waals surface area contributed by atoms with E-state index in [0.29, 0.717) is 0 Å². The highest BCUT2D eigenvalue weighted by atomic mass is 16.3. The Kier molecular flexibility index (Phi) is 3.59. The van der Waals surface area contributed by atoms with Crippen molar-refractivity contribution in [2.24, 2.45) is 0 Å². The molecule has 1 saturated heterocycles. The number of benzene rings is 1. The first-order chi connectivity index (χ1) is 9.63. The SMILES string of the molecule is Cc1ncn(-c2ccc(CN3CCC(O)C3)cc2)c1C. The number of β-amino-alcohol motifs (C(OH)–C–C–N with tert-alkyl or cyclic N) is 1. The number of rotatable bonds is 3. The van der Waals surface area contributed by atoms with Crippen LogP contribution >= 0.6 is 0 Å². The molecule has 1 aromatic carbocycles. The lowest BCUT2D eigenvalue weighted by Gasteiger charge is -2.15. The van der Waals surface area contributed by atoms with Gasteiger partial charge in [-0.25, -0.2) is 4.98 Å². The van der Waals surface area contributed by atoms with Crippen LogP contribution in [0.3, 0.4) is 0 Å². The number of hydrogen-bond donors (Lipinski definition) is 1. The largest absolute Gasteiger partial charge is 0.392 e. The van der Waals surface area contributed by atoms with Crippen molar-refractivity contribution >= 4 is 0 Å². The number of imidazole rings is 1. The number of aromatic nitrogens is 2. The minimum atomic E-state index is -0.147. The van der Waals surface area contributed by atoms with E-state index < -0.39 is 0 Å². The van der Waals surface area contributed by atoms with Crippen molar-refractivity contribution in [1.82, 2.24) is 14.5 Å². The standard InChI is InChI=1S/C16H21N3O/c1-12-13(2)19(11-17-12)15-5-3-14(4-6-15)9-18-8-7-16(20)10-18/h3-6,11,16,20H,7-10H2,1-2H3. The van der Waals surface area contributed by atoms with Gasteiger partial charge in [0, 0.05) is 31.0 Å². The van der Waals surface area contributed by atoms with Gasteiger partial charge >= 0.3 is 0 Å². The minimum absolute atomic E-state index is 0.147. The monoisotopic (exact) mass is 271 g/mol. The Labute approximate surface area is 119 Å². The molecule has 0 aliphatic carbocycles. The molecule has 4 nitrogen and oxygen atoms in total. The van der Waals surface area contributed by atoms with E-state index in [4.69, 9.17) is 0 Å². The summed E-state index contributed by atoms with van der Waals surface area (Å²) in [5, 5.41) is 9.55. The topological polar surface area (TPSA) is 41.3 Å². The van der Waals surface area contributed by atoms with Crippen molar-refractivity contribution in [3.8, 4) is 5.69 Å². The second-order valence-electron chi connectivity index (χ2n) is 5.63. The second-order valence-corrected chi connectivity index (χ2v) is 5.63. The van der Waals surface area contributed by atoms with Crippen molar-refractivity contribution in [3.05, 3.63) is 47.5 Å². The van der Waals surface area contributed by atoms with Crippen LogP contribution in [0.4, 0.5) is 0 Å².